The number of nitrogen functional groups attached to an aromatic ring is 1. The highest BCUT2D eigenvalue weighted by Gasteiger charge is 2.29. The summed E-state index contributed by atoms with van der Waals surface area (Å²) in [6.07, 6.45) is 2.28. The van der Waals surface area contributed by atoms with Crippen LogP contribution in [0.5, 0.6) is 0 Å². The monoisotopic (exact) mass is 314 g/mol. The summed E-state index contributed by atoms with van der Waals surface area (Å²) in [5, 5.41) is 10.8. The first-order valence-corrected chi connectivity index (χ1v) is 8.08. The zero-order valence-electron chi connectivity index (χ0n) is 11.6. The Balaban J connectivity index is 2.17. The molecule has 0 aliphatic heterocycles. The summed E-state index contributed by atoms with van der Waals surface area (Å²) in [6.45, 7) is 2.36. The van der Waals surface area contributed by atoms with E-state index in [-0.39, 0.29) is 22.2 Å². The van der Waals surface area contributed by atoms with E-state index in [0.29, 0.717) is 12.5 Å². The van der Waals surface area contributed by atoms with Gasteiger partial charge in [0.1, 0.15) is 5.69 Å². The minimum atomic E-state index is -3.70. The lowest BCUT2D eigenvalue weighted by Gasteiger charge is -2.12. The highest BCUT2D eigenvalue weighted by molar-refractivity contribution is 7.89. The summed E-state index contributed by atoms with van der Waals surface area (Å²) in [5.74, 6) is 6.07. The fourth-order valence-corrected chi connectivity index (χ4v) is 3.28. The van der Waals surface area contributed by atoms with Crippen molar-refractivity contribution in [3.8, 4) is 0 Å². The van der Waals surface area contributed by atoms with E-state index in [2.05, 4.69) is 10.1 Å². The van der Waals surface area contributed by atoms with Gasteiger partial charge in [0.05, 0.1) is 9.82 Å². The van der Waals surface area contributed by atoms with E-state index >= 15 is 0 Å². The molecule has 1 aliphatic carbocycles. The van der Waals surface area contributed by atoms with Gasteiger partial charge in [0.15, 0.2) is 0 Å². The lowest BCUT2D eigenvalue weighted by Crippen LogP contribution is -2.29. The van der Waals surface area contributed by atoms with Crippen LogP contribution in [-0.2, 0) is 10.0 Å². The molecule has 1 atom stereocenters. The van der Waals surface area contributed by atoms with Crippen LogP contribution in [-0.4, -0.2) is 19.9 Å². The number of hydrogen-bond donors (Lipinski definition) is 3. The van der Waals surface area contributed by atoms with Gasteiger partial charge in [0.25, 0.3) is 5.69 Å². The molecule has 0 amide bonds. The number of sulfonamides is 1. The van der Waals surface area contributed by atoms with E-state index < -0.39 is 14.9 Å². The molecule has 1 aromatic rings. The molecule has 21 heavy (non-hydrogen) atoms. The van der Waals surface area contributed by atoms with Gasteiger partial charge in [-0.15, -0.1) is 0 Å². The molecule has 1 saturated carbocycles. The topological polar surface area (TPSA) is 127 Å². The van der Waals surface area contributed by atoms with Crippen molar-refractivity contribution in [1.29, 1.82) is 0 Å². The summed E-state index contributed by atoms with van der Waals surface area (Å²) < 4.78 is 26.9. The number of nitrogens with one attached hydrogen (secondary N) is 2. The third-order valence-corrected chi connectivity index (χ3v) is 5.07. The van der Waals surface area contributed by atoms with Crippen molar-refractivity contribution in [1.82, 2.24) is 4.72 Å². The third-order valence-electron chi connectivity index (χ3n) is 3.65. The maximum absolute atomic E-state index is 12.2. The van der Waals surface area contributed by atoms with Crippen LogP contribution < -0.4 is 16.0 Å². The molecule has 8 nitrogen and oxygen atoms in total. The highest BCUT2D eigenvalue weighted by atomic mass is 32.2. The van der Waals surface area contributed by atoms with Crippen LogP contribution in [0.1, 0.15) is 19.8 Å². The van der Waals surface area contributed by atoms with Crippen molar-refractivity contribution < 1.29 is 13.3 Å². The molecule has 0 aromatic heterocycles. The molecule has 116 valence electrons. The third kappa shape index (κ3) is 3.69. The molecule has 1 aromatic carbocycles. The van der Waals surface area contributed by atoms with Gasteiger partial charge in [0, 0.05) is 12.6 Å². The van der Waals surface area contributed by atoms with E-state index in [1.54, 1.807) is 0 Å². The van der Waals surface area contributed by atoms with Crippen LogP contribution >= 0.6 is 0 Å². The fraction of sp³-hybridized carbons (Fsp3) is 0.500. The quantitative estimate of drug-likeness (QED) is 0.394. The van der Waals surface area contributed by atoms with Gasteiger partial charge >= 0.3 is 0 Å². The first-order chi connectivity index (χ1) is 9.85. The second-order valence-corrected chi connectivity index (χ2v) is 7.01. The molecule has 0 spiro atoms. The molecule has 0 bridgehead atoms. The summed E-state index contributed by atoms with van der Waals surface area (Å²) in [5.41, 5.74) is 1.83. The molecule has 0 heterocycles. The average Bonchev–Trinajstić information content (AvgIpc) is 3.28. The molecule has 0 radical (unpaired) electrons. The van der Waals surface area contributed by atoms with E-state index in [1.807, 2.05) is 6.92 Å². The molecule has 1 fully saturated rings. The number of nitrogens with two attached hydrogens (primary N) is 1. The van der Waals surface area contributed by atoms with Crippen LogP contribution in [0.4, 0.5) is 11.4 Å². The molecule has 2 rings (SSSR count). The van der Waals surface area contributed by atoms with Gasteiger partial charge in [-0.2, -0.15) is 0 Å². The maximum atomic E-state index is 12.2. The Morgan fingerprint density at radius 1 is 1.48 bits per heavy atom. The molecule has 4 N–H and O–H groups in total. The van der Waals surface area contributed by atoms with Crippen molar-refractivity contribution >= 4 is 21.4 Å². The summed E-state index contributed by atoms with van der Waals surface area (Å²) >= 11 is 0. The van der Waals surface area contributed by atoms with Crippen molar-refractivity contribution in [2.75, 3.05) is 12.0 Å². The van der Waals surface area contributed by atoms with Gasteiger partial charge in [0.2, 0.25) is 10.0 Å². The number of hydrazine groups is 1. The van der Waals surface area contributed by atoms with E-state index in [9.17, 15) is 18.5 Å². The number of rotatable bonds is 7. The van der Waals surface area contributed by atoms with Crippen LogP contribution in [0, 0.1) is 22.0 Å². The lowest BCUT2D eigenvalue weighted by atomic mass is 10.1. The minimum Gasteiger partial charge on any atom is -0.318 e. The summed E-state index contributed by atoms with van der Waals surface area (Å²) in [6, 6.07) is 3.47. The Hall–Kier alpha value is -1.71. The molecule has 0 saturated heterocycles. The van der Waals surface area contributed by atoms with Crippen molar-refractivity contribution in [3.05, 3.63) is 28.3 Å². The van der Waals surface area contributed by atoms with Crippen molar-refractivity contribution in [2.45, 2.75) is 24.7 Å². The van der Waals surface area contributed by atoms with Gasteiger partial charge < -0.3 is 5.43 Å². The molecule has 1 aliphatic rings. The summed E-state index contributed by atoms with van der Waals surface area (Å²) in [7, 11) is -3.70. The number of hydrogen-bond acceptors (Lipinski definition) is 6. The Bertz CT molecular complexity index is 643. The number of benzene rings is 1. The smallest absolute Gasteiger partial charge is 0.293 e. The predicted octanol–water partition coefficient (Wildman–Crippen LogP) is 1.20. The number of anilines is 1. The largest absolute Gasteiger partial charge is 0.318 e. The Kier molecular flexibility index (Phi) is 4.45. The van der Waals surface area contributed by atoms with Crippen molar-refractivity contribution in [2.24, 2.45) is 17.7 Å². The van der Waals surface area contributed by atoms with E-state index in [4.69, 9.17) is 5.84 Å². The standard InChI is InChI=1S/C12H18N4O4S/c1-8(9-2-3-9)7-14-21(19,20)10-4-5-12(16(17)18)11(6-10)15-13/h4-6,8-9,14-15H,2-3,7,13H2,1H3. The van der Waals surface area contributed by atoms with E-state index in [1.165, 1.54) is 6.07 Å². The molecule has 1 unspecified atom stereocenters. The number of nitrogens with zero attached hydrogens (tertiary/aromatic N) is 1. The zero-order valence-corrected chi connectivity index (χ0v) is 12.4. The average molecular weight is 314 g/mol. The second kappa shape index (κ2) is 5.96. The van der Waals surface area contributed by atoms with Crippen LogP contribution in [0.3, 0.4) is 0 Å². The van der Waals surface area contributed by atoms with Gasteiger partial charge in [-0.25, -0.2) is 13.1 Å². The maximum Gasteiger partial charge on any atom is 0.293 e. The zero-order chi connectivity index (χ0) is 15.6. The first kappa shape index (κ1) is 15.7. The van der Waals surface area contributed by atoms with Crippen LogP contribution in [0.25, 0.3) is 0 Å². The SMILES string of the molecule is CC(CNS(=O)(=O)c1ccc([N+](=O)[O-])c(NN)c1)C1CC1. The summed E-state index contributed by atoms with van der Waals surface area (Å²) in [4.78, 5) is 10.1. The first-order valence-electron chi connectivity index (χ1n) is 6.60. The highest BCUT2D eigenvalue weighted by Crippen LogP contribution is 2.36. The normalized spacial score (nSPS) is 16.5. The van der Waals surface area contributed by atoms with E-state index in [0.717, 1.165) is 25.0 Å². The number of nitro groups is 1. The number of nitro benzene ring substituents is 1. The van der Waals surface area contributed by atoms with Gasteiger partial charge in [-0.3, -0.25) is 16.0 Å². The minimum absolute atomic E-state index is 0.0434. The van der Waals surface area contributed by atoms with Crippen LogP contribution in [0.15, 0.2) is 23.1 Å². The van der Waals surface area contributed by atoms with Gasteiger partial charge in [-0.05, 0) is 36.8 Å². The Labute approximate surface area is 122 Å². The molecular formula is C12H18N4O4S. The van der Waals surface area contributed by atoms with Crippen LogP contribution in [0.2, 0.25) is 0 Å². The molecular weight excluding hydrogens is 296 g/mol. The Morgan fingerprint density at radius 2 is 2.14 bits per heavy atom. The second-order valence-electron chi connectivity index (χ2n) is 5.25. The lowest BCUT2D eigenvalue weighted by molar-refractivity contribution is -0.384. The Morgan fingerprint density at radius 3 is 2.67 bits per heavy atom. The van der Waals surface area contributed by atoms with Crippen molar-refractivity contribution in [3.63, 3.8) is 0 Å². The predicted molar refractivity (Wildman–Crippen MR) is 78.0 cm³/mol. The van der Waals surface area contributed by atoms with Gasteiger partial charge in [-0.1, -0.05) is 6.92 Å². The fourth-order valence-electron chi connectivity index (χ4n) is 2.11. The molecule has 9 heteroatoms.